The van der Waals surface area contributed by atoms with Crippen molar-refractivity contribution < 1.29 is 24.2 Å². The first-order valence-corrected chi connectivity index (χ1v) is 9.68. The molecule has 1 fully saturated rings. The maximum atomic E-state index is 10.8. The number of carbonyl (C=O) groups excluding carboxylic acids is 1. The van der Waals surface area contributed by atoms with E-state index in [1.54, 1.807) is 0 Å². The lowest BCUT2D eigenvalue weighted by Gasteiger charge is -2.46. The summed E-state index contributed by atoms with van der Waals surface area (Å²) < 4.78 is 6.29. The normalized spacial score (nSPS) is 26.4. The van der Waals surface area contributed by atoms with Crippen molar-refractivity contribution in [1.29, 1.82) is 0 Å². The van der Waals surface area contributed by atoms with Gasteiger partial charge in [0.05, 0.1) is 14.1 Å². The molecule has 0 aromatic heterocycles. The highest BCUT2D eigenvalue weighted by Gasteiger charge is 2.44. The molecule has 0 saturated carbocycles. The molecule has 24 heavy (non-hydrogen) atoms. The van der Waals surface area contributed by atoms with Crippen LogP contribution < -0.4 is 5.11 Å². The summed E-state index contributed by atoms with van der Waals surface area (Å²) in [4.78, 5) is 10.8. The molecule has 1 saturated heterocycles. The molecule has 5 nitrogen and oxygen atoms in total. The topological polar surface area (TPSA) is 69.6 Å². The summed E-state index contributed by atoms with van der Waals surface area (Å²) in [6.07, 6.45) is 11.0. The lowest BCUT2D eigenvalue weighted by molar-refractivity contribution is -0.915. The van der Waals surface area contributed by atoms with Gasteiger partial charge >= 0.3 is 0 Å². The van der Waals surface area contributed by atoms with Crippen LogP contribution >= 0.6 is 0 Å². The number of hydrogen-bond acceptors (Lipinski definition) is 4. The summed E-state index contributed by atoms with van der Waals surface area (Å²) in [6.45, 7) is 3.33. The van der Waals surface area contributed by atoms with Crippen molar-refractivity contribution in [2.24, 2.45) is 0 Å². The average molecular weight is 344 g/mol. The minimum atomic E-state index is -1.21. The summed E-state index contributed by atoms with van der Waals surface area (Å²) in [5.41, 5.74) is 0. The number of carbonyl (C=O) groups is 1. The summed E-state index contributed by atoms with van der Waals surface area (Å²) in [5.74, 6) is -2.32. The Balaban J connectivity index is 2.25. The number of ether oxygens (including phenoxy) is 1. The van der Waals surface area contributed by atoms with Gasteiger partial charge in [-0.3, -0.25) is 0 Å². The van der Waals surface area contributed by atoms with E-state index in [-0.39, 0.29) is 6.42 Å². The second-order valence-corrected chi connectivity index (χ2v) is 8.12. The highest BCUT2D eigenvalue weighted by molar-refractivity contribution is 5.64. The number of hydrogen-bond donors (Lipinski definition) is 1. The Bertz CT molecular complexity index is 372. The number of aliphatic hydroxyl groups is 1. The molecule has 0 aromatic rings. The van der Waals surface area contributed by atoms with Gasteiger partial charge in [0.15, 0.2) is 0 Å². The Morgan fingerprint density at radius 3 is 2.21 bits per heavy atom. The predicted molar refractivity (Wildman–Crippen MR) is 93.1 cm³/mol. The monoisotopic (exact) mass is 343 g/mol. The molecule has 1 rings (SSSR count). The van der Waals surface area contributed by atoms with Gasteiger partial charge in [0, 0.05) is 18.8 Å². The number of carboxylic acid groups (broad SMARTS) is 1. The van der Waals surface area contributed by atoms with Gasteiger partial charge in [0.25, 0.3) is 0 Å². The molecular formula is C19H37NO4. The van der Waals surface area contributed by atoms with E-state index in [9.17, 15) is 15.0 Å². The predicted octanol–water partition coefficient (Wildman–Crippen LogP) is 2.21. The Morgan fingerprint density at radius 2 is 1.67 bits per heavy atom. The third kappa shape index (κ3) is 9.00. The van der Waals surface area contributed by atoms with Crippen LogP contribution in [0.1, 0.15) is 77.6 Å². The molecule has 1 aliphatic heterocycles. The second-order valence-electron chi connectivity index (χ2n) is 8.12. The van der Waals surface area contributed by atoms with Crippen molar-refractivity contribution in [2.75, 3.05) is 27.2 Å². The number of likely N-dealkylation sites (N-methyl/N-ethyl adjacent to an activating group) is 1. The fourth-order valence-corrected chi connectivity index (χ4v) is 3.81. The average Bonchev–Trinajstić information content (AvgIpc) is 2.42. The van der Waals surface area contributed by atoms with Crippen molar-refractivity contribution in [2.45, 2.75) is 89.4 Å². The van der Waals surface area contributed by atoms with Crippen LogP contribution in [0.2, 0.25) is 0 Å². The number of morpholine rings is 1. The summed E-state index contributed by atoms with van der Waals surface area (Å²) in [7, 11) is 4.01. The molecule has 0 spiro atoms. The van der Waals surface area contributed by atoms with Crippen LogP contribution in [0, 0.1) is 0 Å². The van der Waals surface area contributed by atoms with Crippen LogP contribution in [0.25, 0.3) is 0 Å². The summed E-state index contributed by atoms with van der Waals surface area (Å²) in [5, 5.41) is 21.6. The minimum Gasteiger partial charge on any atom is -0.550 e. The molecule has 1 N–H and O–H groups in total. The van der Waals surface area contributed by atoms with Gasteiger partial charge in [-0.25, -0.2) is 0 Å². The highest BCUT2D eigenvalue weighted by Crippen LogP contribution is 2.29. The first kappa shape index (κ1) is 21.4. The van der Waals surface area contributed by atoms with Gasteiger partial charge in [-0.05, 0) is 6.42 Å². The lowest BCUT2D eigenvalue weighted by atomic mass is 10.0. The smallest absolute Gasteiger partial charge is 0.216 e. The van der Waals surface area contributed by atoms with Crippen LogP contribution in [0.4, 0.5) is 0 Å². The molecular weight excluding hydrogens is 306 g/mol. The van der Waals surface area contributed by atoms with E-state index < -0.39 is 17.9 Å². The number of nitrogens with zero attached hydrogens (tertiary/aromatic N) is 1. The van der Waals surface area contributed by atoms with Crippen molar-refractivity contribution in [3.05, 3.63) is 0 Å². The van der Waals surface area contributed by atoms with E-state index in [1.807, 2.05) is 14.1 Å². The van der Waals surface area contributed by atoms with Gasteiger partial charge in [-0.1, -0.05) is 58.3 Å². The maximum Gasteiger partial charge on any atom is 0.216 e. The molecule has 142 valence electrons. The highest BCUT2D eigenvalue weighted by atomic mass is 16.6. The maximum absolute atomic E-state index is 10.8. The van der Waals surface area contributed by atoms with Crippen LogP contribution in [-0.2, 0) is 9.53 Å². The van der Waals surface area contributed by atoms with Gasteiger partial charge in [-0.15, -0.1) is 0 Å². The fourth-order valence-electron chi connectivity index (χ4n) is 3.81. The Morgan fingerprint density at radius 1 is 1.12 bits per heavy atom. The van der Waals surface area contributed by atoms with E-state index in [1.165, 1.54) is 44.9 Å². The van der Waals surface area contributed by atoms with E-state index in [2.05, 4.69) is 6.92 Å². The number of aliphatic carboxylic acids is 1. The zero-order valence-corrected chi connectivity index (χ0v) is 15.9. The van der Waals surface area contributed by atoms with E-state index >= 15 is 0 Å². The lowest BCUT2D eigenvalue weighted by Crippen LogP contribution is -2.63. The molecule has 0 radical (unpaired) electrons. The molecule has 5 heteroatoms. The summed E-state index contributed by atoms with van der Waals surface area (Å²) in [6, 6.07) is 0. The summed E-state index contributed by atoms with van der Waals surface area (Å²) >= 11 is 0. The number of carboxylic acids is 1. The Kier molecular flexibility index (Phi) is 9.24. The van der Waals surface area contributed by atoms with Gasteiger partial charge in [0.1, 0.15) is 19.2 Å². The largest absolute Gasteiger partial charge is 0.550 e. The van der Waals surface area contributed by atoms with Gasteiger partial charge < -0.3 is 24.2 Å². The minimum absolute atomic E-state index is 0.151. The molecule has 0 bridgehead atoms. The van der Waals surface area contributed by atoms with Crippen molar-refractivity contribution >= 4 is 5.97 Å². The second kappa shape index (κ2) is 10.4. The van der Waals surface area contributed by atoms with Gasteiger partial charge in [-0.2, -0.15) is 0 Å². The number of unbranched alkanes of at least 4 members (excludes halogenated alkanes) is 8. The molecule has 0 amide bonds. The standard InChI is InChI=1S/C19H37NO4/c1-4-5-6-7-8-9-10-11-12-13-19(23)16-20(2,3)15-17(24-19)14-18(21)22/h17,23H,4-16H2,1-3H3/t17-,19+/m1/s1. The first-order chi connectivity index (χ1) is 11.3. The molecule has 0 aromatic carbocycles. The van der Waals surface area contributed by atoms with E-state index in [4.69, 9.17) is 4.74 Å². The Labute approximate surface area is 147 Å². The van der Waals surface area contributed by atoms with Crippen LogP contribution in [0.5, 0.6) is 0 Å². The van der Waals surface area contributed by atoms with Crippen molar-refractivity contribution in [3.8, 4) is 0 Å². The fraction of sp³-hybridized carbons (Fsp3) is 0.947. The third-order valence-electron chi connectivity index (χ3n) is 4.82. The SMILES string of the molecule is CCCCCCCCCCC[C@@]1(O)C[N+](C)(C)C[C@@H](CC(=O)[O-])O1. The zero-order chi connectivity index (χ0) is 18.1. The van der Waals surface area contributed by atoms with E-state index in [0.717, 1.165) is 12.8 Å². The third-order valence-corrected chi connectivity index (χ3v) is 4.82. The van der Waals surface area contributed by atoms with Crippen LogP contribution in [0.3, 0.4) is 0 Å². The van der Waals surface area contributed by atoms with Crippen LogP contribution in [-0.4, -0.2) is 54.6 Å². The zero-order valence-electron chi connectivity index (χ0n) is 15.9. The number of rotatable bonds is 12. The molecule has 0 aliphatic carbocycles. The molecule has 1 aliphatic rings. The molecule has 2 atom stereocenters. The molecule has 1 heterocycles. The van der Waals surface area contributed by atoms with Crippen LogP contribution in [0.15, 0.2) is 0 Å². The molecule has 0 unspecified atom stereocenters. The van der Waals surface area contributed by atoms with Crippen molar-refractivity contribution in [3.63, 3.8) is 0 Å². The van der Waals surface area contributed by atoms with Gasteiger partial charge in [0.2, 0.25) is 5.79 Å². The first-order valence-electron chi connectivity index (χ1n) is 9.68. The Hall–Kier alpha value is -0.650. The van der Waals surface area contributed by atoms with E-state index in [0.29, 0.717) is 24.0 Å². The quantitative estimate of drug-likeness (QED) is 0.436. The number of quaternary nitrogens is 1. The van der Waals surface area contributed by atoms with Crippen molar-refractivity contribution in [1.82, 2.24) is 0 Å².